The number of nitrogens with zero attached hydrogens (tertiary/aromatic N) is 2. The van der Waals surface area contributed by atoms with Crippen molar-refractivity contribution in [2.75, 3.05) is 17.7 Å². The number of alkyl halides is 3. The van der Waals surface area contributed by atoms with Gasteiger partial charge in [-0.1, -0.05) is 31.6 Å². The summed E-state index contributed by atoms with van der Waals surface area (Å²) in [6.45, 7) is 11.3. The van der Waals surface area contributed by atoms with Crippen LogP contribution in [-0.2, 0) is 26.9 Å². The van der Waals surface area contributed by atoms with E-state index in [2.05, 4.69) is 57.0 Å². The quantitative estimate of drug-likeness (QED) is 0.205. The number of esters is 1. The molecule has 1 saturated carbocycles. The minimum atomic E-state index is -4.60. The van der Waals surface area contributed by atoms with Crippen molar-refractivity contribution in [1.29, 1.82) is 0 Å². The molecule has 1 aliphatic carbocycles. The first kappa shape index (κ1) is 31.7. The van der Waals surface area contributed by atoms with E-state index in [-0.39, 0.29) is 24.2 Å². The molecule has 1 aromatic carbocycles. The van der Waals surface area contributed by atoms with E-state index in [9.17, 15) is 22.8 Å². The SMILES string of the molecule is COC(=O)[C@H](Cc1ccc(Nc2ncc(C(F)(F)F)c(NC3CC3)n2)c(C#C[Si](C)(C)C)c1)NC(=O)OC(C)(C)C. The van der Waals surface area contributed by atoms with Crippen LogP contribution < -0.4 is 16.0 Å². The number of halogens is 3. The van der Waals surface area contributed by atoms with Crippen LogP contribution in [0.1, 0.15) is 50.3 Å². The van der Waals surface area contributed by atoms with E-state index >= 15 is 0 Å². The Balaban J connectivity index is 1.93. The summed E-state index contributed by atoms with van der Waals surface area (Å²) in [6.07, 6.45) is -2.98. The van der Waals surface area contributed by atoms with Gasteiger partial charge < -0.3 is 25.4 Å². The molecule has 3 rings (SSSR count). The zero-order valence-electron chi connectivity index (χ0n) is 24.2. The Labute approximate surface area is 239 Å². The maximum atomic E-state index is 13.5. The van der Waals surface area contributed by atoms with Crippen molar-refractivity contribution in [2.45, 2.75) is 83.5 Å². The minimum absolute atomic E-state index is 0.0241. The molecule has 1 aromatic heterocycles. The monoisotopic (exact) mass is 591 g/mol. The van der Waals surface area contributed by atoms with Crippen molar-refractivity contribution in [2.24, 2.45) is 0 Å². The van der Waals surface area contributed by atoms with Crippen LogP contribution in [0, 0.1) is 11.5 Å². The van der Waals surface area contributed by atoms with Gasteiger partial charge in [0.15, 0.2) is 0 Å². The Kier molecular flexibility index (Phi) is 9.58. The van der Waals surface area contributed by atoms with Gasteiger partial charge in [-0.05, 0) is 51.3 Å². The Morgan fingerprint density at radius 3 is 2.41 bits per heavy atom. The van der Waals surface area contributed by atoms with Gasteiger partial charge in [0.2, 0.25) is 5.95 Å². The molecule has 41 heavy (non-hydrogen) atoms. The number of ether oxygens (including phenoxy) is 2. The van der Waals surface area contributed by atoms with E-state index in [1.54, 1.807) is 39.0 Å². The van der Waals surface area contributed by atoms with Gasteiger partial charge in [0.25, 0.3) is 0 Å². The molecule has 1 fully saturated rings. The van der Waals surface area contributed by atoms with Crippen molar-refractivity contribution < 1.29 is 32.2 Å². The topological polar surface area (TPSA) is 114 Å². The summed E-state index contributed by atoms with van der Waals surface area (Å²) in [5, 5.41) is 8.37. The number of hydrogen-bond acceptors (Lipinski definition) is 8. The predicted molar refractivity (Wildman–Crippen MR) is 153 cm³/mol. The number of carbonyl (C=O) groups is 2. The van der Waals surface area contributed by atoms with E-state index in [0.29, 0.717) is 16.8 Å². The molecular formula is C28H36F3N5O4Si. The molecule has 0 spiro atoms. The van der Waals surface area contributed by atoms with Crippen LogP contribution in [0.2, 0.25) is 19.6 Å². The highest BCUT2D eigenvalue weighted by Gasteiger charge is 2.37. The molecule has 1 atom stereocenters. The van der Waals surface area contributed by atoms with Crippen molar-refractivity contribution in [3.63, 3.8) is 0 Å². The maximum absolute atomic E-state index is 13.5. The molecule has 9 nitrogen and oxygen atoms in total. The number of rotatable bonds is 8. The first-order chi connectivity index (χ1) is 18.9. The van der Waals surface area contributed by atoms with Crippen LogP contribution in [0.15, 0.2) is 24.4 Å². The average molecular weight is 592 g/mol. The zero-order chi connectivity index (χ0) is 30.6. The smallest absolute Gasteiger partial charge is 0.421 e. The molecule has 1 aliphatic rings. The fourth-order valence-corrected chi connectivity index (χ4v) is 4.02. The second-order valence-corrected chi connectivity index (χ2v) is 16.6. The van der Waals surface area contributed by atoms with Crippen LogP contribution >= 0.6 is 0 Å². The number of alkyl carbamates (subject to hydrolysis) is 1. The number of amides is 1. The van der Waals surface area contributed by atoms with Gasteiger partial charge in [-0.3, -0.25) is 0 Å². The summed E-state index contributed by atoms with van der Waals surface area (Å²) in [5.74, 6) is 2.21. The Hall–Kier alpha value is -3.79. The van der Waals surface area contributed by atoms with Crippen LogP contribution in [0.25, 0.3) is 0 Å². The number of hydrogen-bond donors (Lipinski definition) is 3. The Bertz CT molecular complexity index is 1340. The van der Waals surface area contributed by atoms with E-state index in [1.807, 2.05) is 0 Å². The second kappa shape index (κ2) is 12.4. The number of carbonyl (C=O) groups excluding carboxylic acids is 2. The molecule has 222 valence electrons. The van der Waals surface area contributed by atoms with Crippen molar-refractivity contribution in [3.8, 4) is 11.5 Å². The van der Waals surface area contributed by atoms with Gasteiger partial charge in [0.05, 0.1) is 12.8 Å². The molecule has 1 amide bonds. The van der Waals surface area contributed by atoms with Crippen molar-refractivity contribution in [3.05, 3.63) is 41.1 Å². The fraction of sp³-hybridized carbons (Fsp3) is 0.500. The number of anilines is 3. The highest BCUT2D eigenvalue weighted by Crippen LogP contribution is 2.36. The van der Waals surface area contributed by atoms with E-state index < -0.39 is 43.5 Å². The summed E-state index contributed by atoms with van der Waals surface area (Å²) >= 11 is 0. The second-order valence-electron chi connectivity index (χ2n) is 11.8. The van der Waals surface area contributed by atoms with Gasteiger partial charge in [0, 0.05) is 24.2 Å². The molecule has 0 aliphatic heterocycles. The molecule has 13 heteroatoms. The third-order valence-electron chi connectivity index (χ3n) is 5.53. The molecular weight excluding hydrogens is 555 g/mol. The predicted octanol–water partition coefficient (Wildman–Crippen LogP) is 5.65. The van der Waals surface area contributed by atoms with Gasteiger partial charge in [-0.15, -0.1) is 5.54 Å². The zero-order valence-corrected chi connectivity index (χ0v) is 25.2. The normalized spacial score (nSPS) is 14.3. The fourth-order valence-electron chi connectivity index (χ4n) is 3.51. The van der Waals surface area contributed by atoms with E-state index in [4.69, 9.17) is 9.47 Å². The third kappa shape index (κ3) is 10.3. The van der Waals surface area contributed by atoms with Gasteiger partial charge in [0.1, 0.15) is 31.1 Å². The summed E-state index contributed by atoms with van der Waals surface area (Å²) in [4.78, 5) is 32.8. The lowest BCUT2D eigenvalue weighted by molar-refractivity contribution is -0.143. The number of aromatic nitrogens is 2. The molecule has 0 radical (unpaired) electrons. The van der Waals surface area contributed by atoms with Crippen LogP contribution in [0.4, 0.5) is 35.4 Å². The van der Waals surface area contributed by atoms with Gasteiger partial charge in [-0.25, -0.2) is 14.6 Å². The lowest BCUT2D eigenvalue weighted by Gasteiger charge is -2.23. The van der Waals surface area contributed by atoms with Crippen LogP contribution in [0.5, 0.6) is 0 Å². The Morgan fingerprint density at radius 2 is 1.85 bits per heavy atom. The largest absolute Gasteiger partial charge is 0.467 e. The number of nitrogens with one attached hydrogen (secondary N) is 3. The van der Waals surface area contributed by atoms with E-state index in [0.717, 1.165) is 19.0 Å². The molecule has 1 heterocycles. The summed E-state index contributed by atoms with van der Waals surface area (Å²) in [7, 11) is -0.602. The first-order valence-corrected chi connectivity index (χ1v) is 16.6. The maximum Gasteiger partial charge on any atom is 0.421 e. The summed E-state index contributed by atoms with van der Waals surface area (Å²) < 4.78 is 50.7. The highest BCUT2D eigenvalue weighted by molar-refractivity contribution is 6.83. The lowest BCUT2D eigenvalue weighted by Crippen LogP contribution is -2.45. The van der Waals surface area contributed by atoms with Crippen molar-refractivity contribution in [1.82, 2.24) is 15.3 Å². The number of benzene rings is 1. The van der Waals surface area contributed by atoms with Crippen molar-refractivity contribution >= 4 is 37.6 Å². The summed E-state index contributed by atoms with van der Waals surface area (Å²) in [5.41, 5.74) is 3.25. The highest BCUT2D eigenvalue weighted by atomic mass is 28.3. The van der Waals surface area contributed by atoms with Gasteiger partial charge in [-0.2, -0.15) is 18.2 Å². The standard InChI is InChI=1S/C28H36F3N5O4Si/c1-27(2,3)40-26(38)35-22(24(37)39-4)15-17-8-11-21(18(14-17)12-13-41(5,6)7)34-25-32-16-20(28(29,30)31)23(36-25)33-19-9-10-19/h8,11,14,16,19,22H,9-10,15H2,1-7H3,(H,35,38)(H2,32,33,34,36)/t22-/m0/s1. The average Bonchev–Trinajstić information content (AvgIpc) is 3.64. The van der Waals surface area contributed by atoms with Crippen LogP contribution in [0.3, 0.4) is 0 Å². The first-order valence-electron chi connectivity index (χ1n) is 13.1. The molecule has 0 bridgehead atoms. The molecule has 3 N–H and O–H groups in total. The Morgan fingerprint density at radius 1 is 1.17 bits per heavy atom. The summed E-state index contributed by atoms with van der Waals surface area (Å²) in [6, 6.07) is 4.06. The number of methoxy groups -OCH3 is 1. The minimum Gasteiger partial charge on any atom is -0.467 e. The molecule has 0 saturated heterocycles. The molecule has 0 unspecified atom stereocenters. The van der Waals surface area contributed by atoms with Crippen LogP contribution in [-0.4, -0.2) is 54.9 Å². The van der Waals surface area contributed by atoms with E-state index in [1.165, 1.54) is 7.11 Å². The lowest BCUT2D eigenvalue weighted by atomic mass is 10.0. The third-order valence-corrected chi connectivity index (χ3v) is 6.41. The molecule has 2 aromatic rings. The van der Waals surface area contributed by atoms with Gasteiger partial charge >= 0.3 is 18.2 Å².